The van der Waals surface area contributed by atoms with Gasteiger partial charge in [0.25, 0.3) is 0 Å². The van der Waals surface area contributed by atoms with Gasteiger partial charge in [-0.15, -0.1) is 0 Å². The first-order valence-electron chi connectivity index (χ1n) is 5.52. The topological polar surface area (TPSA) is 52.6 Å². The maximum absolute atomic E-state index is 13.4. The number of benzene rings is 1. The van der Waals surface area contributed by atoms with Crippen LogP contribution in [0.5, 0.6) is 5.75 Å². The summed E-state index contributed by atoms with van der Waals surface area (Å²) in [6.45, 7) is 0. The van der Waals surface area contributed by atoms with Crippen molar-refractivity contribution < 1.29 is 23.5 Å². The molecule has 0 bridgehead atoms. The second kappa shape index (κ2) is 6.74. The van der Waals surface area contributed by atoms with Gasteiger partial charge in [-0.1, -0.05) is 0 Å². The third kappa shape index (κ3) is 3.84. The molecule has 4 nitrogen and oxygen atoms in total. The first-order chi connectivity index (χ1) is 8.58. The van der Waals surface area contributed by atoms with Crippen LogP contribution in [0.2, 0.25) is 0 Å². The van der Waals surface area contributed by atoms with Crippen molar-refractivity contribution in [2.45, 2.75) is 19.3 Å². The minimum atomic E-state index is -0.573. The van der Waals surface area contributed by atoms with Crippen LogP contribution in [0.1, 0.15) is 29.6 Å². The Morgan fingerprint density at radius 1 is 1.22 bits per heavy atom. The number of ether oxygens (including phenoxy) is 2. The summed E-state index contributed by atoms with van der Waals surface area (Å²) in [5.74, 6) is -1.04. The van der Waals surface area contributed by atoms with Gasteiger partial charge in [0.05, 0.1) is 14.2 Å². The summed E-state index contributed by atoms with van der Waals surface area (Å²) in [7, 11) is 2.65. The molecule has 0 fully saturated rings. The Labute approximate surface area is 105 Å². The van der Waals surface area contributed by atoms with E-state index in [-0.39, 0.29) is 35.9 Å². The van der Waals surface area contributed by atoms with Gasteiger partial charge in [-0.05, 0) is 24.6 Å². The Morgan fingerprint density at radius 3 is 2.50 bits per heavy atom. The molecule has 0 N–H and O–H groups in total. The monoisotopic (exact) mass is 254 g/mol. The fourth-order valence-corrected chi connectivity index (χ4v) is 1.48. The van der Waals surface area contributed by atoms with Crippen molar-refractivity contribution in [1.29, 1.82) is 0 Å². The van der Waals surface area contributed by atoms with Gasteiger partial charge in [-0.25, -0.2) is 4.39 Å². The number of rotatable bonds is 6. The van der Waals surface area contributed by atoms with Crippen LogP contribution in [0.25, 0.3) is 0 Å². The molecule has 0 atom stereocenters. The standard InChI is InChI=1S/C13H15FO4/c1-17-12-7-6-9(8-10(12)14)11(15)4-3-5-13(16)18-2/h6-8H,3-5H2,1-2H3. The molecular weight excluding hydrogens is 239 g/mol. The zero-order valence-electron chi connectivity index (χ0n) is 10.4. The molecule has 98 valence electrons. The minimum Gasteiger partial charge on any atom is -0.494 e. The number of ketones is 1. The van der Waals surface area contributed by atoms with Crippen molar-refractivity contribution in [3.8, 4) is 5.75 Å². The molecule has 0 unspecified atom stereocenters. The SMILES string of the molecule is COC(=O)CCCC(=O)c1ccc(OC)c(F)c1. The van der Waals surface area contributed by atoms with Gasteiger partial charge in [-0.2, -0.15) is 0 Å². The number of hydrogen-bond donors (Lipinski definition) is 0. The first-order valence-corrected chi connectivity index (χ1v) is 5.52. The molecule has 5 heteroatoms. The molecule has 0 heterocycles. The summed E-state index contributed by atoms with van der Waals surface area (Å²) in [6.07, 6.45) is 0.751. The summed E-state index contributed by atoms with van der Waals surface area (Å²) >= 11 is 0. The van der Waals surface area contributed by atoms with Crippen molar-refractivity contribution in [3.05, 3.63) is 29.6 Å². The number of Topliss-reactive ketones (excluding diaryl/α,β-unsaturated/α-hetero) is 1. The van der Waals surface area contributed by atoms with Gasteiger partial charge in [0.1, 0.15) is 0 Å². The Bertz CT molecular complexity index is 443. The highest BCUT2D eigenvalue weighted by Gasteiger charge is 2.11. The lowest BCUT2D eigenvalue weighted by molar-refractivity contribution is -0.140. The predicted molar refractivity (Wildman–Crippen MR) is 63.1 cm³/mol. The number of methoxy groups -OCH3 is 2. The van der Waals surface area contributed by atoms with E-state index in [2.05, 4.69) is 4.74 Å². The molecule has 0 spiro atoms. The van der Waals surface area contributed by atoms with Crippen LogP contribution in [0.4, 0.5) is 4.39 Å². The van der Waals surface area contributed by atoms with Crippen LogP contribution >= 0.6 is 0 Å². The summed E-state index contributed by atoms with van der Waals surface area (Å²) in [4.78, 5) is 22.6. The molecule has 0 saturated carbocycles. The highest BCUT2D eigenvalue weighted by atomic mass is 19.1. The van der Waals surface area contributed by atoms with Crippen molar-refractivity contribution in [3.63, 3.8) is 0 Å². The number of halogens is 1. The van der Waals surface area contributed by atoms with E-state index in [1.165, 1.54) is 26.4 Å². The highest BCUT2D eigenvalue weighted by Crippen LogP contribution is 2.19. The van der Waals surface area contributed by atoms with Crippen LogP contribution in [-0.2, 0) is 9.53 Å². The average molecular weight is 254 g/mol. The molecule has 0 amide bonds. The maximum Gasteiger partial charge on any atom is 0.305 e. The summed E-state index contributed by atoms with van der Waals surface area (Å²) in [6, 6.07) is 4.05. The van der Waals surface area contributed by atoms with E-state index in [4.69, 9.17) is 4.74 Å². The van der Waals surface area contributed by atoms with Crippen LogP contribution in [0.3, 0.4) is 0 Å². The predicted octanol–water partition coefficient (Wildman–Crippen LogP) is 2.36. The van der Waals surface area contributed by atoms with Crippen LogP contribution < -0.4 is 4.74 Å². The first kappa shape index (κ1) is 14.2. The molecule has 1 rings (SSSR count). The van der Waals surface area contributed by atoms with Crippen molar-refractivity contribution in [2.75, 3.05) is 14.2 Å². The molecule has 0 saturated heterocycles. The number of carbonyl (C=O) groups excluding carboxylic acids is 2. The highest BCUT2D eigenvalue weighted by molar-refractivity contribution is 5.96. The van der Waals surface area contributed by atoms with Gasteiger partial charge < -0.3 is 9.47 Å². The van der Waals surface area contributed by atoms with E-state index in [9.17, 15) is 14.0 Å². The van der Waals surface area contributed by atoms with Crippen molar-refractivity contribution in [1.82, 2.24) is 0 Å². The van der Waals surface area contributed by atoms with E-state index in [0.717, 1.165) is 6.07 Å². The van der Waals surface area contributed by atoms with Crippen molar-refractivity contribution >= 4 is 11.8 Å². The Balaban J connectivity index is 2.56. The average Bonchev–Trinajstić information content (AvgIpc) is 2.38. The zero-order valence-corrected chi connectivity index (χ0v) is 10.4. The smallest absolute Gasteiger partial charge is 0.305 e. The molecular formula is C13H15FO4. The molecule has 0 aliphatic carbocycles. The molecule has 1 aromatic carbocycles. The summed E-state index contributed by atoms with van der Waals surface area (Å²) in [5, 5.41) is 0. The third-order valence-corrected chi connectivity index (χ3v) is 2.49. The van der Waals surface area contributed by atoms with Crippen LogP contribution in [0.15, 0.2) is 18.2 Å². The van der Waals surface area contributed by atoms with Crippen LogP contribution in [-0.4, -0.2) is 26.0 Å². The number of carbonyl (C=O) groups is 2. The van der Waals surface area contributed by atoms with E-state index < -0.39 is 5.82 Å². The molecule has 0 radical (unpaired) electrons. The Morgan fingerprint density at radius 2 is 1.94 bits per heavy atom. The molecule has 18 heavy (non-hydrogen) atoms. The fraction of sp³-hybridized carbons (Fsp3) is 0.385. The molecule has 1 aromatic rings. The lowest BCUT2D eigenvalue weighted by atomic mass is 10.1. The quantitative estimate of drug-likeness (QED) is 0.577. The third-order valence-electron chi connectivity index (χ3n) is 2.49. The summed E-state index contributed by atoms with van der Waals surface area (Å²) < 4.78 is 22.6. The normalized spacial score (nSPS) is 9.94. The van der Waals surface area contributed by atoms with Gasteiger partial charge in [0.15, 0.2) is 17.3 Å². The lowest BCUT2D eigenvalue weighted by Gasteiger charge is -2.04. The second-order valence-electron chi connectivity index (χ2n) is 3.70. The fourth-order valence-electron chi connectivity index (χ4n) is 1.48. The maximum atomic E-state index is 13.4. The van der Waals surface area contributed by atoms with Gasteiger partial charge in [0.2, 0.25) is 0 Å². The Kier molecular flexibility index (Phi) is 5.30. The summed E-state index contributed by atoms with van der Waals surface area (Å²) in [5.41, 5.74) is 0.276. The second-order valence-corrected chi connectivity index (χ2v) is 3.70. The van der Waals surface area contributed by atoms with E-state index in [1.807, 2.05) is 0 Å². The van der Waals surface area contributed by atoms with Crippen molar-refractivity contribution in [2.24, 2.45) is 0 Å². The minimum absolute atomic E-state index is 0.0983. The van der Waals surface area contributed by atoms with Crippen LogP contribution in [0, 0.1) is 5.82 Å². The largest absolute Gasteiger partial charge is 0.494 e. The lowest BCUT2D eigenvalue weighted by Crippen LogP contribution is -2.04. The number of hydrogen-bond acceptors (Lipinski definition) is 4. The number of esters is 1. The van der Waals surface area contributed by atoms with E-state index in [1.54, 1.807) is 0 Å². The van der Waals surface area contributed by atoms with Gasteiger partial charge in [-0.3, -0.25) is 9.59 Å². The van der Waals surface area contributed by atoms with Gasteiger partial charge >= 0.3 is 5.97 Å². The molecule has 0 aromatic heterocycles. The molecule has 0 aliphatic rings. The van der Waals surface area contributed by atoms with Gasteiger partial charge in [0, 0.05) is 18.4 Å². The molecule has 0 aliphatic heterocycles. The zero-order chi connectivity index (χ0) is 13.5. The Hall–Kier alpha value is -1.91. The van der Waals surface area contributed by atoms with E-state index >= 15 is 0 Å². The van der Waals surface area contributed by atoms with E-state index in [0.29, 0.717) is 6.42 Å².